The fraction of sp³-hybridized carbons (Fsp3) is 0.429. The Bertz CT molecular complexity index is 573. The van der Waals surface area contributed by atoms with E-state index in [0.717, 1.165) is 0 Å². The zero-order chi connectivity index (χ0) is 14.9. The van der Waals surface area contributed by atoms with Gasteiger partial charge in [0.2, 0.25) is 5.89 Å². The van der Waals surface area contributed by atoms with Crippen molar-refractivity contribution in [1.29, 1.82) is 0 Å². The van der Waals surface area contributed by atoms with Crippen molar-refractivity contribution < 1.29 is 13.3 Å². The molecular formula is C14H17F2N3O. The van der Waals surface area contributed by atoms with Gasteiger partial charge in [-0.1, -0.05) is 50.2 Å². The molecule has 2 aromatic rings. The van der Waals surface area contributed by atoms with Crippen LogP contribution in [0.1, 0.15) is 56.1 Å². The highest BCUT2D eigenvalue weighted by molar-refractivity contribution is 5.28. The van der Waals surface area contributed by atoms with Crippen LogP contribution >= 0.6 is 0 Å². The summed E-state index contributed by atoms with van der Waals surface area (Å²) in [4.78, 5) is 4.26. The van der Waals surface area contributed by atoms with Gasteiger partial charge in [-0.2, -0.15) is 4.98 Å². The van der Waals surface area contributed by atoms with Gasteiger partial charge in [0, 0.05) is 11.0 Å². The molecule has 0 fully saturated rings. The van der Waals surface area contributed by atoms with Crippen LogP contribution in [-0.2, 0) is 5.41 Å². The number of halogens is 2. The predicted octanol–water partition coefficient (Wildman–Crippen LogP) is 3.35. The molecule has 1 aromatic carbocycles. The molecule has 6 heteroatoms. The first-order chi connectivity index (χ1) is 9.29. The highest BCUT2D eigenvalue weighted by Gasteiger charge is 2.24. The maximum Gasteiger partial charge on any atom is 0.263 e. The van der Waals surface area contributed by atoms with E-state index in [0.29, 0.717) is 17.3 Å². The summed E-state index contributed by atoms with van der Waals surface area (Å²) in [5, 5.41) is 3.86. The number of nitrogens with zero attached hydrogens (tertiary/aromatic N) is 2. The molecule has 1 heterocycles. The third-order valence-corrected chi connectivity index (χ3v) is 2.91. The van der Waals surface area contributed by atoms with Gasteiger partial charge in [0.25, 0.3) is 6.43 Å². The second-order valence-corrected chi connectivity index (χ2v) is 5.65. The minimum Gasteiger partial charge on any atom is -0.339 e. The second kappa shape index (κ2) is 5.28. The first kappa shape index (κ1) is 14.6. The van der Waals surface area contributed by atoms with Crippen molar-refractivity contribution in [1.82, 2.24) is 10.1 Å². The van der Waals surface area contributed by atoms with Gasteiger partial charge in [0.1, 0.15) is 0 Å². The van der Waals surface area contributed by atoms with Gasteiger partial charge in [-0.25, -0.2) is 8.78 Å². The molecule has 0 aliphatic heterocycles. The number of aromatic nitrogens is 2. The Hall–Kier alpha value is -1.82. The Kier molecular flexibility index (Phi) is 3.85. The maximum atomic E-state index is 12.5. The van der Waals surface area contributed by atoms with Crippen molar-refractivity contribution in [3.63, 3.8) is 0 Å². The molecule has 1 unspecified atom stereocenters. The highest BCUT2D eigenvalue weighted by atomic mass is 19.3. The molecule has 0 saturated carbocycles. The summed E-state index contributed by atoms with van der Waals surface area (Å²) in [7, 11) is 0. The fourth-order valence-electron chi connectivity index (χ4n) is 1.66. The Morgan fingerprint density at radius 3 is 2.10 bits per heavy atom. The molecule has 0 aliphatic rings. The Balaban J connectivity index is 2.22. The van der Waals surface area contributed by atoms with Crippen molar-refractivity contribution in [3.8, 4) is 0 Å². The first-order valence-electron chi connectivity index (χ1n) is 6.26. The van der Waals surface area contributed by atoms with Crippen molar-refractivity contribution >= 4 is 0 Å². The third-order valence-electron chi connectivity index (χ3n) is 2.91. The van der Waals surface area contributed by atoms with Crippen LogP contribution in [0.15, 0.2) is 28.8 Å². The average Bonchev–Trinajstić information content (AvgIpc) is 2.87. The van der Waals surface area contributed by atoms with Crippen molar-refractivity contribution in [2.24, 2.45) is 5.73 Å². The van der Waals surface area contributed by atoms with Gasteiger partial charge >= 0.3 is 0 Å². The van der Waals surface area contributed by atoms with Crippen molar-refractivity contribution in [2.45, 2.75) is 38.7 Å². The van der Waals surface area contributed by atoms with E-state index in [2.05, 4.69) is 10.1 Å². The molecule has 4 nitrogen and oxygen atoms in total. The molecule has 1 aromatic heterocycles. The normalized spacial score (nSPS) is 13.8. The van der Waals surface area contributed by atoms with Gasteiger partial charge < -0.3 is 10.3 Å². The van der Waals surface area contributed by atoms with Gasteiger partial charge in [-0.05, 0) is 5.56 Å². The number of nitrogens with two attached hydrogens (primary N) is 1. The number of hydrogen-bond acceptors (Lipinski definition) is 4. The Morgan fingerprint density at radius 2 is 1.65 bits per heavy atom. The van der Waals surface area contributed by atoms with Crippen LogP contribution in [0.2, 0.25) is 0 Å². The number of benzene rings is 1. The minimum atomic E-state index is -2.49. The average molecular weight is 281 g/mol. The Labute approximate surface area is 116 Å². The van der Waals surface area contributed by atoms with E-state index in [9.17, 15) is 8.78 Å². The van der Waals surface area contributed by atoms with Crippen LogP contribution in [0.5, 0.6) is 0 Å². The van der Waals surface area contributed by atoms with Gasteiger partial charge in [0.15, 0.2) is 5.82 Å². The van der Waals surface area contributed by atoms with Crippen LogP contribution < -0.4 is 5.73 Å². The molecular weight excluding hydrogens is 264 g/mol. The van der Waals surface area contributed by atoms with Crippen LogP contribution in [0.25, 0.3) is 0 Å². The summed E-state index contributed by atoms with van der Waals surface area (Å²) < 4.78 is 30.1. The monoisotopic (exact) mass is 281 g/mol. The zero-order valence-corrected chi connectivity index (χ0v) is 11.6. The predicted molar refractivity (Wildman–Crippen MR) is 70.4 cm³/mol. The van der Waals surface area contributed by atoms with E-state index in [1.165, 1.54) is 12.1 Å². The van der Waals surface area contributed by atoms with Crippen molar-refractivity contribution in [2.75, 3.05) is 0 Å². The quantitative estimate of drug-likeness (QED) is 0.937. The highest BCUT2D eigenvalue weighted by Crippen LogP contribution is 2.25. The van der Waals surface area contributed by atoms with Gasteiger partial charge in [-0.3, -0.25) is 0 Å². The van der Waals surface area contributed by atoms with E-state index in [4.69, 9.17) is 10.3 Å². The summed E-state index contributed by atoms with van der Waals surface area (Å²) in [5.41, 5.74) is 6.39. The summed E-state index contributed by atoms with van der Waals surface area (Å²) >= 11 is 0. The first-order valence-corrected chi connectivity index (χ1v) is 6.26. The lowest BCUT2D eigenvalue weighted by Crippen LogP contribution is -2.15. The number of alkyl halides is 2. The molecule has 2 N–H and O–H groups in total. The molecule has 0 radical (unpaired) electrons. The smallest absolute Gasteiger partial charge is 0.263 e. The SMILES string of the molecule is CC(C)(C)c1nc(C(N)c2ccc(C(F)F)cc2)no1. The molecule has 0 spiro atoms. The second-order valence-electron chi connectivity index (χ2n) is 5.65. The largest absolute Gasteiger partial charge is 0.339 e. The molecule has 0 amide bonds. The summed E-state index contributed by atoms with van der Waals surface area (Å²) in [6, 6.07) is 5.22. The lowest BCUT2D eigenvalue weighted by Gasteiger charge is -2.11. The van der Waals surface area contributed by atoms with Crippen LogP contribution in [-0.4, -0.2) is 10.1 Å². The molecule has 1 atom stereocenters. The lowest BCUT2D eigenvalue weighted by atomic mass is 9.97. The third kappa shape index (κ3) is 3.01. The molecule has 0 aliphatic carbocycles. The summed E-state index contributed by atoms with van der Waals surface area (Å²) in [6.07, 6.45) is -2.49. The van der Waals surface area contributed by atoms with Gasteiger partial charge in [0.05, 0.1) is 6.04 Å². The van der Waals surface area contributed by atoms with E-state index in [1.54, 1.807) is 12.1 Å². The van der Waals surface area contributed by atoms with E-state index < -0.39 is 12.5 Å². The molecule has 0 saturated heterocycles. The van der Waals surface area contributed by atoms with Crippen LogP contribution in [0.4, 0.5) is 8.78 Å². The van der Waals surface area contributed by atoms with E-state index in [1.807, 2.05) is 20.8 Å². The summed E-state index contributed by atoms with van der Waals surface area (Å²) in [6.45, 7) is 5.85. The topological polar surface area (TPSA) is 64.9 Å². The fourth-order valence-corrected chi connectivity index (χ4v) is 1.66. The van der Waals surface area contributed by atoms with Crippen LogP contribution in [0.3, 0.4) is 0 Å². The van der Waals surface area contributed by atoms with E-state index >= 15 is 0 Å². The zero-order valence-electron chi connectivity index (χ0n) is 11.6. The van der Waals surface area contributed by atoms with Crippen molar-refractivity contribution in [3.05, 3.63) is 47.1 Å². The molecule has 0 bridgehead atoms. The minimum absolute atomic E-state index is 0.0376. The number of rotatable bonds is 3. The molecule has 108 valence electrons. The van der Waals surface area contributed by atoms with E-state index in [-0.39, 0.29) is 11.0 Å². The standard InChI is InChI=1S/C14H17F2N3O/c1-14(2,3)13-18-12(19-20-13)10(17)8-4-6-9(7-5-8)11(15)16/h4-7,10-11H,17H2,1-3H3. The lowest BCUT2D eigenvalue weighted by molar-refractivity contribution is 0.151. The summed E-state index contributed by atoms with van der Waals surface area (Å²) in [5.74, 6) is 0.840. The maximum absolute atomic E-state index is 12.5. The Morgan fingerprint density at radius 1 is 1.10 bits per heavy atom. The molecule has 2 rings (SSSR count). The number of hydrogen-bond donors (Lipinski definition) is 1. The van der Waals surface area contributed by atoms with Crippen LogP contribution in [0, 0.1) is 0 Å². The van der Waals surface area contributed by atoms with Gasteiger partial charge in [-0.15, -0.1) is 0 Å². The molecule has 20 heavy (non-hydrogen) atoms.